The first-order chi connectivity index (χ1) is 7.22. The van der Waals surface area contributed by atoms with Crippen LogP contribution in [0.1, 0.15) is 27.2 Å². The number of carbonyl (C=O) groups is 1. The van der Waals surface area contributed by atoms with Crippen molar-refractivity contribution >= 4 is 6.09 Å². The Bertz CT molecular complexity index is 316. The molecule has 0 spiro atoms. The van der Waals surface area contributed by atoms with Crippen LogP contribution in [0.2, 0.25) is 0 Å². The summed E-state index contributed by atoms with van der Waals surface area (Å²) in [5.41, 5.74) is 4.63. The van der Waals surface area contributed by atoms with Gasteiger partial charge in [0.25, 0.3) is 0 Å². The molecule has 92 valence electrons. The fourth-order valence-electron chi connectivity index (χ4n) is 2.17. The molecule has 2 aliphatic rings. The van der Waals surface area contributed by atoms with Crippen LogP contribution >= 0.6 is 0 Å². The van der Waals surface area contributed by atoms with Gasteiger partial charge in [0.15, 0.2) is 0 Å². The Labute approximate surface area is 94.9 Å². The number of nitrogens with two attached hydrogens (primary N) is 1. The molecule has 0 aromatic heterocycles. The molecule has 0 bridgehead atoms. The summed E-state index contributed by atoms with van der Waals surface area (Å²) >= 11 is 0. The van der Waals surface area contributed by atoms with Gasteiger partial charge in [-0.3, -0.25) is 0 Å². The van der Waals surface area contributed by atoms with Crippen LogP contribution in [0.4, 0.5) is 9.18 Å². The van der Waals surface area contributed by atoms with Crippen LogP contribution in [0, 0.1) is 5.92 Å². The predicted molar refractivity (Wildman–Crippen MR) is 57.7 cm³/mol. The predicted octanol–water partition coefficient (Wildman–Crippen LogP) is 1.29. The summed E-state index contributed by atoms with van der Waals surface area (Å²) in [6.07, 6.45) is -0.893. The number of alkyl halides is 1. The van der Waals surface area contributed by atoms with Crippen molar-refractivity contribution in [3.05, 3.63) is 0 Å². The minimum atomic E-state index is -1.13. The maximum Gasteiger partial charge on any atom is 0.410 e. The number of amides is 1. The van der Waals surface area contributed by atoms with E-state index in [1.54, 1.807) is 20.8 Å². The van der Waals surface area contributed by atoms with Crippen LogP contribution in [0.25, 0.3) is 0 Å². The van der Waals surface area contributed by atoms with Crippen molar-refractivity contribution in [2.24, 2.45) is 11.7 Å². The second-order valence-corrected chi connectivity index (χ2v) is 5.87. The molecule has 0 aromatic rings. The number of hydrogen-bond acceptors (Lipinski definition) is 3. The zero-order chi connectivity index (χ0) is 12.1. The maximum absolute atomic E-state index is 13.7. The summed E-state index contributed by atoms with van der Waals surface area (Å²) in [6.45, 7) is 5.97. The lowest BCUT2D eigenvalue weighted by Gasteiger charge is -2.33. The fraction of sp³-hybridized carbons (Fsp3) is 0.909. The Balaban J connectivity index is 1.95. The molecular weight excluding hydrogens is 211 g/mol. The van der Waals surface area contributed by atoms with Gasteiger partial charge in [-0.2, -0.15) is 0 Å². The molecule has 5 heteroatoms. The van der Waals surface area contributed by atoms with Crippen LogP contribution in [-0.2, 0) is 4.74 Å². The van der Waals surface area contributed by atoms with Gasteiger partial charge in [-0.05, 0) is 33.1 Å². The second kappa shape index (κ2) is 3.32. The third-order valence-corrected chi connectivity index (χ3v) is 3.26. The molecule has 2 N–H and O–H groups in total. The third-order valence-electron chi connectivity index (χ3n) is 3.26. The molecule has 1 aliphatic carbocycles. The summed E-state index contributed by atoms with van der Waals surface area (Å²) in [6, 6.07) is 0. The summed E-state index contributed by atoms with van der Waals surface area (Å²) in [5, 5.41) is 0. The average Bonchev–Trinajstić information content (AvgIpc) is 2.75. The van der Waals surface area contributed by atoms with Crippen molar-refractivity contribution in [2.75, 3.05) is 13.1 Å². The first-order valence-electron chi connectivity index (χ1n) is 5.63. The molecule has 0 radical (unpaired) electrons. The standard InChI is InChI=1S/C11H19FN2O2/c1-10(2,3)16-9(15)14-5-7-4-11(7,13)8(12)6-14/h7-8H,4-6,13H2,1-3H3/t7-,8+,11+/m1/s1. The lowest BCUT2D eigenvalue weighted by atomic mass is 10.0. The van der Waals surface area contributed by atoms with E-state index in [0.29, 0.717) is 13.0 Å². The zero-order valence-electron chi connectivity index (χ0n) is 10.00. The number of nitrogens with zero attached hydrogens (tertiary/aromatic N) is 1. The van der Waals surface area contributed by atoms with E-state index in [4.69, 9.17) is 10.5 Å². The largest absolute Gasteiger partial charge is 0.444 e. The van der Waals surface area contributed by atoms with Crippen molar-refractivity contribution in [1.29, 1.82) is 0 Å². The normalized spacial score (nSPS) is 37.9. The summed E-state index contributed by atoms with van der Waals surface area (Å²) in [4.78, 5) is 13.2. The van der Waals surface area contributed by atoms with E-state index >= 15 is 0 Å². The van der Waals surface area contributed by atoms with Gasteiger partial charge >= 0.3 is 6.09 Å². The van der Waals surface area contributed by atoms with Crippen molar-refractivity contribution in [3.63, 3.8) is 0 Å². The Morgan fingerprint density at radius 3 is 2.62 bits per heavy atom. The van der Waals surface area contributed by atoms with Gasteiger partial charge in [0.2, 0.25) is 0 Å². The van der Waals surface area contributed by atoms with Crippen LogP contribution in [0.15, 0.2) is 0 Å². The highest BCUT2D eigenvalue weighted by molar-refractivity contribution is 5.68. The highest BCUT2D eigenvalue weighted by Crippen LogP contribution is 2.48. The third kappa shape index (κ3) is 2.00. The number of piperidine rings is 1. The zero-order valence-corrected chi connectivity index (χ0v) is 10.00. The molecule has 16 heavy (non-hydrogen) atoms. The molecule has 1 saturated carbocycles. The average molecular weight is 230 g/mol. The highest BCUT2D eigenvalue weighted by atomic mass is 19.1. The van der Waals surface area contributed by atoms with Crippen molar-refractivity contribution in [1.82, 2.24) is 4.90 Å². The monoisotopic (exact) mass is 230 g/mol. The number of ether oxygens (including phenoxy) is 1. The Hall–Kier alpha value is -0.840. The fourth-order valence-corrected chi connectivity index (χ4v) is 2.17. The topological polar surface area (TPSA) is 55.6 Å². The van der Waals surface area contributed by atoms with Crippen LogP contribution in [0.3, 0.4) is 0 Å². The molecule has 1 heterocycles. The van der Waals surface area contributed by atoms with Gasteiger partial charge < -0.3 is 15.4 Å². The minimum absolute atomic E-state index is 0.0575. The van der Waals surface area contributed by atoms with Gasteiger partial charge in [-0.15, -0.1) is 0 Å². The van der Waals surface area contributed by atoms with E-state index in [2.05, 4.69) is 0 Å². The van der Waals surface area contributed by atoms with E-state index < -0.39 is 23.4 Å². The number of halogens is 1. The van der Waals surface area contributed by atoms with Gasteiger partial charge in [0.1, 0.15) is 11.8 Å². The molecule has 2 rings (SSSR count). The molecule has 2 fully saturated rings. The molecule has 3 atom stereocenters. The smallest absolute Gasteiger partial charge is 0.410 e. The number of hydrogen-bond donors (Lipinski definition) is 1. The number of fused-ring (bicyclic) bond motifs is 1. The molecular formula is C11H19FN2O2. The summed E-state index contributed by atoms with van der Waals surface area (Å²) < 4.78 is 18.9. The first-order valence-corrected chi connectivity index (χ1v) is 5.63. The van der Waals surface area contributed by atoms with E-state index in [0.717, 1.165) is 0 Å². The van der Waals surface area contributed by atoms with Crippen LogP contribution in [-0.4, -0.2) is 41.4 Å². The van der Waals surface area contributed by atoms with Gasteiger partial charge in [0, 0.05) is 6.54 Å². The number of rotatable bonds is 0. The van der Waals surface area contributed by atoms with Crippen molar-refractivity contribution in [2.45, 2.75) is 44.5 Å². The van der Waals surface area contributed by atoms with E-state index in [-0.39, 0.29) is 12.5 Å². The quantitative estimate of drug-likeness (QED) is 0.682. The van der Waals surface area contributed by atoms with Crippen LogP contribution in [0.5, 0.6) is 0 Å². The molecule has 1 aliphatic heterocycles. The van der Waals surface area contributed by atoms with Gasteiger partial charge in [-0.1, -0.05) is 0 Å². The maximum atomic E-state index is 13.7. The second-order valence-electron chi connectivity index (χ2n) is 5.87. The summed E-state index contributed by atoms with van der Waals surface area (Å²) in [5.74, 6) is 0.101. The molecule has 4 nitrogen and oxygen atoms in total. The van der Waals surface area contributed by atoms with E-state index in [9.17, 15) is 9.18 Å². The lowest BCUT2D eigenvalue weighted by Crippen LogP contribution is -2.53. The number of carbonyl (C=O) groups excluding carboxylic acids is 1. The number of likely N-dealkylation sites (tertiary alicyclic amines) is 1. The lowest BCUT2D eigenvalue weighted by molar-refractivity contribution is 0.0107. The summed E-state index contributed by atoms with van der Waals surface area (Å²) in [7, 11) is 0. The van der Waals surface area contributed by atoms with E-state index in [1.807, 2.05) is 0 Å². The van der Waals surface area contributed by atoms with Gasteiger partial charge in [0.05, 0.1) is 12.1 Å². The molecule has 0 unspecified atom stereocenters. The molecule has 1 amide bonds. The van der Waals surface area contributed by atoms with Gasteiger partial charge in [-0.25, -0.2) is 9.18 Å². The minimum Gasteiger partial charge on any atom is -0.444 e. The van der Waals surface area contributed by atoms with Crippen LogP contribution < -0.4 is 5.73 Å². The Morgan fingerprint density at radius 2 is 2.12 bits per heavy atom. The van der Waals surface area contributed by atoms with E-state index in [1.165, 1.54) is 4.90 Å². The van der Waals surface area contributed by atoms with Crippen molar-refractivity contribution in [3.8, 4) is 0 Å². The highest BCUT2D eigenvalue weighted by Gasteiger charge is 2.61. The SMILES string of the molecule is CC(C)(C)OC(=O)N1C[C@H]2C[C@@]2(N)[C@@H](F)C1. The Morgan fingerprint density at radius 1 is 1.50 bits per heavy atom. The Kier molecular flexibility index (Phi) is 2.42. The molecule has 0 aromatic carbocycles. The molecule has 1 saturated heterocycles. The van der Waals surface area contributed by atoms with Crippen molar-refractivity contribution < 1.29 is 13.9 Å². The first kappa shape index (κ1) is 11.6.